The van der Waals surface area contributed by atoms with Crippen LogP contribution in [0.5, 0.6) is 11.6 Å². The highest BCUT2D eigenvalue weighted by Crippen LogP contribution is 2.24. The minimum absolute atomic E-state index is 0.555. The van der Waals surface area contributed by atoms with Gasteiger partial charge in [-0.25, -0.2) is 9.97 Å². The van der Waals surface area contributed by atoms with E-state index < -0.39 is 0 Å². The molecule has 0 saturated carbocycles. The Balaban J connectivity index is 2.04. The van der Waals surface area contributed by atoms with Crippen molar-refractivity contribution in [3.8, 4) is 11.6 Å². The van der Waals surface area contributed by atoms with Crippen LogP contribution in [0.15, 0.2) is 36.7 Å². The van der Waals surface area contributed by atoms with Crippen LogP contribution in [0.2, 0.25) is 0 Å². The molecule has 0 aliphatic carbocycles. The van der Waals surface area contributed by atoms with Gasteiger partial charge in [0.2, 0.25) is 5.88 Å². The summed E-state index contributed by atoms with van der Waals surface area (Å²) < 4.78 is 5.78. The second-order valence-electron chi connectivity index (χ2n) is 5.15. The van der Waals surface area contributed by atoms with Crippen LogP contribution in [0.25, 0.3) is 0 Å². The van der Waals surface area contributed by atoms with E-state index in [0.717, 1.165) is 31.0 Å². The van der Waals surface area contributed by atoms with Crippen LogP contribution < -0.4 is 10.1 Å². The van der Waals surface area contributed by atoms with Crippen LogP contribution in [-0.2, 0) is 0 Å². The maximum absolute atomic E-state index is 5.78. The summed E-state index contributed by atoms with van der Waals surface area (Å²) in [6.45, 7) is 7.43. The molecule has 4 nitrogen and oxygen atoms in total. The number of anilines is 1. The zero-order valence-corrected chi connectivity index (χ0v) is 13.0. The Kier molecular flexibility index (Phi) is 5.55. The molecule has 4 heteroatoms. The maximum atomic E-state index is 5.78. The van der Waals surface area contributed by atoms with E-state index in [2.05, 4.69) is 48.2 Å². The molecule has 0 saturated heterocycles. The first kappa shape index (κ1) is 15.3. The molecule has 2 rings (SSSR count). The lowest BCUT2D eigenvalue weighted by Crippen LogP contribution is -2.02. The SMILES string of the molecule is CCCNc1cc(Oc2ccc(C(C)CC)cc2)ncn1. The fourth-order valence-electron chi connectivity index (χ4n) is 1.97. The fraction of sp³-hybridized carbons (Fsp3) is 0.412. The Labute approximate surface area is 126 Å². The van der Waals surface area contributed by atoms with Gasteiger partial charge >= 0.3 is 0 Å². The molecule has 0 radical (unpaired) electrons. The Hall–Kier alpha value is -2.10. The van der Waals surface area contributed by atoms with Crippen molar-refractivity contribution in [3.05, 3.63) is 42.2 Å². The van der Waals surface area contributed by atoms with E-state index in [9.17, 15) is 0 Å². The summed E-state index contributed by atoms with van der Waals surface area (Å²) >= 11 is 0. The first-order valence-corrected chi connectivity index (χ1v) is 7.56. The number of hydrogen-bond acceptors (Lipinski definition) is 4. The number of benzene rings is 1. The van der Waals surface area contributed by atoms with Gasteiger partial charge in [-0.2, -0.15) is 0 Å². The summed E-state index contributed by atoms with van der Waals surface area (Å²) in [6.07, 6.45) is 3.71. The van der Waals surface area contributed by atoms with Gasteiger partial charge in [0.25, 0.3) is 0 Å². The molecule has 0 amide bonds. The van der Waals surface area contributed by atoms with Gasteiger partial charge in [0.15, 0.2) is 0 Å². The zero-order chi connectivity index (χ0) is 15.1. The van der Waals surface area contributed by atoms with Gasteiger partial charge in [-0.15, -0.1) is 0 Å². The molecule has 1 aromatic heterocycles. The Morgan fingerprint density at radius 2 is 1.90 bits per heavy atom. The fourth-order valence-corrected chi connectivity index (χ4v) is 1.97. The lowest BCUT2D eigenvalue weighted by Gasteiger charge is -2.10. The highest BCUT2D eigenvalue weighted by Gasteiger charge is 2.04. The highest BCUT2D eigenvalue weighted by molar-refractivity contribution is 5.39. The van der Waals surface area contributed by atoms with Crippen molar-refractivity contribution in [1.29, 1.82) is 0 Å². The average molecular weight is 285 g/mol. The molecule has 1 heterocycles. The highest BCUT2D eigenvalue weighted by atomic mass is 16.5. The van der Waals surface area contributed by atoms with E-state index in [1.807, 2.05) is 18.2 Å². The molecule has 0 aliphatic heterocycles. The van der Waals surface area contributed by atoms with Gasteiger partial charge in [0, 0.05) is 12.6 Å². The van der Waals surface area contributed by atoms with Crippen molar-refractivity contribution in [1.82, 2.24) is 9.97 Å². The van der Waals surface area contributed by atoms with E-state index in [4.69, 9.17) is 4.74 Å². The first-order valence-electron chi connectivity index (χ1n) is 7.56. The molecular formula is C17H23N3O. The largest absolute Gasteiger partial charge is 0.439 e. The van der Waals surface area contributed by atoms with E-state index in [1.165, 1.54) is 11.9 Å². The smallest absolute Gasteiger partial charge is 0.224 e. The number of rotatable bonds is 7. The second kappa shape index (κ2) is 7.62. The molecule has 0 fully saturated rings. The first-order chi connectivity index (χ1) is 10.2. The van der Waals surface area contributed by atoms with Gasteiger partial charge in [0.05, 0.1) is 0 Å². The van der Waals surface area contributed by atoms with E-state index in [1.54, 1.807) is 0 Å². The molecule has 0 aliphatic rings. The van der Waals surface area contributed by atoms with Gasteiger partial charge in [0.1, 0.15) is 17.9 Å². The number of hydrogen-bond donors (Lipinski definition) is 1. The number of nitrogens with zero attached hydrogens (tertiary/aromatic N) is 2. The third kappa shape index (κ3) is 4.45. The van der Waals surface area contributed by atoms with E-state index >= 15 is 0 Å². The lowest BCUT2D eigenvalue weighted by molar-refractivity contribution is 0.461. The van der Waals surface area contributed by atoms with Crippen molar-refractivity contribution >= 4 is 5.82 Å². The summed E-state index contributed by atoms with van der Waals surface area (Å²) in [6, 6.07) is 10.0. The van der Waals surface area contributed by atoms with Crippen molar-refractivity contribution in [2.24, 2.45) is 0 Å². The number of aromatic nitrogens is 2. The summed E-state index contributed by atoms with van der Waals surface area (Å²) in [5.41, 5.74) is 1.33. The molecule has 112 valence electrons. The lowest BCUT2D eigenvalue weighted by atomic mass is 9.99. The van der Waals surface area contributed by atoms with Crippen molar-refractivity contribution in [3.63, 3.8) is 0 Å². The van der Waals surface area contributed by atoms with Crippen molar-refractivity contribution < 1.29 is 4.74 Å². The summed E-state index contributed by atoms with van der Waals surface area (Å²) in [7, 11) is 0. The molecular weight excluding hydrogens is 262 g/mol. The number of ether oxygens (including phenoxy) is 1. The third-order valence-corrected chi connectivity index (χ3v) is 3.48. The second-order valence-corrected chi connectivity index (χ2v) is 5.15. The van der Waals surface area contributed by atoms with Crippen LogP contribution in [-0.4, -0.2) is 16.5 Å². The molecule has 1 unspecified atom stereocenters. The molecule has 2 aromatic rings. The standard InChI is InChI=1S/C17H23N3O/c1-4-10-18-16-11-17(20-12-19-16)21-15-8-6-14(7-9-15)13(3)5-2/h6-9,11-13H,4-5,10H2,1-3H3,(H,18,19,20). The molecule has 1 aromatic carbocycles. The van der Waals surface area contributed by atoms with Crippen LogP contribution in [0.4, 0.5) is 5.82 Å². The van der Waals surface area contributed by atoms with Gasteiger partial charge in [-0.05, 0) is 36.5 Å². The van der Waals surface area contributed by atoms with Crippen LogP contribution in [0, 0.1) is 0 Å². The molecule has 21 heavy (non-hydrogen) atoms. The summed E-state index contributed by atoms with van der Waals surface area (Å²) in [4.78, 5) is 8.31. The minimum Gasteiger partial charge on any atom is -0.439 e. The van der Waals surface area contributed by atoms with Crippen molar-refractivity contribution in [2.75, 3.05) is 11.9 Å². The third-order valence-electron chi connectivity index (χ3n) is 3.48. The predicted molar refractivity (Wildman–Crippen MR) is 86.0 cm³/mol. The zero-order valence-electron chi connectivity index (χ0n) is 13.0. The normalized spacial score (nSPS) is 12.0. The molecule has 0 spiro atoms. The topological polar surface area (TPSA) is 47.0 Å². The van der Waals surface area contributed by atoms with E-state index in [0.29, 0.717) is 11.8 Å². The van der Waals surface area contributed by atoms with Crippen LogP contribution >= 0.6 is 0 Å². The van der Waals surface area contributed by atoms with Gasteiger partial charge < -0.3 is 10.1 Å². The minimum atomic E-state index is 0.555. The quantitative estimate of drug-likeness (QED) is 0.807. The summed E-state index contributed by atoms with van der Waals surface area (Å²) in [5.74, 6) is 2.71. The maximum Gasteiger partial charge on any atom is 0.224 e. The van der Waals surface area contributed by atoms with Crippen LogP contribution in [0.3, 0.4) is 0 Å². The molecule has 1 atom stereocenters. The van der Waals surface area contributed by atoms with Crippen molar-refractivity contribution in [2.45, 2.75) is 39.5 Å². The monoisotopic (exact) mass is 285 g/mol. The number of nitrogens with one attached hydrogen (secondary N) is 1. The molecule has 1 N–H and O–H groups in total. The predicted octanol–water partition coefficient (Wildman–Crippen LogP) is 4.60. The van der Waals surface area contributed by atoms with Gasteiger partial charge in [-0.1, -0.05) is 32.9 Å². The Bertz CT molecular complexity index is 554. The van der Waals surface area contributed by atoms with Crippen LogP contribution in [0.1, 0.15) is 45.1 Å². The Morgan fingerprint density at radius 1 is 1.14 bits per heavy atom. The molecule has 0 bridgehead atoms. The Morgan fingerprint density at radius 3 is 2.57 bits per heavy atom. The van der Waals surface area contributed by atoms with Gasteiger partial charge in [-0.3, -0.25) is 0 Å². The van der Waals surface area contributed by atoms with E-state index in [-0.39, 0.29) is 0 Å². The average Bonchev–Trinajstić information content (AvgIpc) is 2.53. The summed E-state index contributed by atoms with van der Waals surface area (Å²) in [5, 5.41) is 3.22.